The smallest absolute Gasteiger partial charge is 0.212 e. The monoisotopic (exact) mass is 432 g/mol. The lowest BCUT2D eigenvalue weighted by Crippen LogP contribution is -2.22. The number of ether oxygens (including phenoxy) is 1. The molecule has 0 saturated carbocycles. The fourth-order valence-electron chi connectivity index (χ4n) is 3.02. The second kappa shape index (κ2) is 8.94. The van der Waals surface area contributed by atoms with Gasteiger partial charge in [0.1, 0.15) is 10.7 Å². The Morgan fingerprint density at radius 1 is 1.19 bits per heavy atom. The summed E-state index contributed by atoms with van der Waals surface area (Å²) in [5.74, 6) is 5.84. The number of methoxy groups -OCH3 is 1. The Bertz CT molecular complexity index is 1270. The van der Waals surface area contributed by atoms with Gasteiger partial charge >= 0.3 is 0 Å². The number of ketones is 1. The Balaban J connectivity index is 1.58. The molecule has 1 atom stereocenters. The molecule has 1 aliphatic rings. The number of aromatic nitrogens is 1. The van der Waals surface area contributed by atoms with Gasteiger partial charge in [0.25, 0.3) is 0 Å². The second-order valence-electron chi connectivity index (χ2n) is 6.71. The Labute approximate surface area is 181 Å². The van der Waals surface area contributed by atoms with E-state index in [1.54, 1.807) is 43.6 Å². The number of pyridine rings is 1. The van der Waals surface area contributed by atoms with Crippen molar-refractivity contribution in [2.75, 3.05) is 11.8 Å². The topological polar surface area (TPSA) is 68.3 Å². The fraction of sp³-hybridized carbons (Fsp3) is 0.0833. The van der Waals surface area contributed by atoms with Crippen LogP contribution in [-0.2, 0) is 17.4 Å². The van der Waals surface area contributed by atoms with E-state index in [9.17, 15) is 13.4 Å². The van der Waals surface area contributed by atoms with Gasteiger partial charge in [-0.1, -0.05) is 30.0 Å². The molecule has 7 heteroatoms. The number of benzene rings is 2. The van der Waals surface area contributed by atoms with Crippen LogP contribution in [0.2, 0.25) is 0 Å². The van der Waals surface area contributed by atoms with Gasteiger partial charge in [-0.15, -0.1) is 0 Å². The van der Waals surface area contributed by atoms with Crippen molar-refractivity contribution in [1.29, 1.82) is 0 Å². The lowest BCUT2D eigenvalue weighted by atomic mass is 10.0. The van der Waals surface area contributed by atoms with Crippen LogP contribution in [0.15, 0.2) is 65.7 Å². The van der Waals surface area contributed by atoms with Crippen LogP contribution in [0, 0.1) is 17.7 Å². The number of fused-ring (bicyclic) bond motifs is 1. The molecule has 4 rings (SSSR count). The summed E-state index contributed by atoms with van der Waals surface area (Å²) in [7, 11) is -0.173. The van der Waals surface area contributed by atoms with Gasteiger partial charge < -0.3 is 9.46 Å². The molecule has 0 amide bonds. The average molecular weight is 432 g/mol. The van der Waals surface area contributed by atoms with Crippen LogP contribution < -0.4 is 9.46 Å². The minimum Gasteiger partial charge on any atom is -0.481 e. The molecule has 2 heterocycles. The van der Waals surface area contributed by atoms with Crippen LogP contribution in [0.1, 0.15) is 27.0 Å². The summed E-state index contributed by atoms with van der Waals surface area (Å²) >= 11 is 0. The van der Waals surface area contributed by atoms with E-state index in [1.165, 1.54) is 24.3 Å². The van der Waals surface area contributed by atoms with Crippen molar-refractivity contribution in [2.45, 2.75) is 6.42 Å². The number of halogens is 1. The average Bonchev–Trinajstić information content (AvgIpc) is 2.77. The first-order valence-electron chi connectivity index (χ1n) is 9.36. The molecule has 1 N–H and O–H groups in total. The number of carbonyl (C=O) groups is 1. The molecule has 5 nitrogen and oxygen atoms in total. The quantitative estimate of drug-likeness (QED) is 0.499. The SMILES string of the molecule is COc1ccc(CC#Cc2ccc3c(c2)C(=O)/C(=C/c2cccc(F)c2)S(=O)N3)cn1. The number of allylic oxidation sites excluding steroid dienone is 1. The van der Waals surface area contributed by atoms with Gasteiger partial charge in [0.15, 0.2) is 11.0 Å². The molecule has 1 aromatic heterocycles. The van der Waals surface area contributed by atoms with Crippen molar-refractivity contribution in [2.24, 2.45) is 0 Å². The van der Waals surface area contributed by atoms with E-state index in [2.05, 4.69) is 21.5 Å². The zero-order chi connectivity index (χ0) is 21.8. The van der Waals surface area contributed by atoms with Gasteiger partial charge in [-0.25, -0.2) is 13.6 Å². The van der Waals surface area contributed by atoms with Crippen LogP contribution in [0.25, 0.3) is 6.08 Å². The maximum absolute atomic E-state index is 13.5. The zero-order valence-corrected chi connectivity index (χ0v) is 17.3. The minimum absolute atomic E-state index is 0.0625. The number of rotatable bonds is 3. The molecule has 0 saturated heterocycles. The zero-order valence-electron chi connectivity index (χ0n) is 16.5. The second-order valence-corrected chi connectivity index (χ2v) is 7.89. The highest BCUT2D eigenvalue weighted by Gasteiger charge is 2.27. The van der Waals surface area contributed by atoms with Crippen molar-refractivity contribution in [3.63, 3.8) is 0 Å². The summed E-state index contributed by atoms with van der Waals surface area (Å²) in [5.41, 5.74) is 2.92. The van der Waals surface area contributed by atoms with Crippen LogP contribution in [0.3, 0.4) is 0 Å². The van der Waals surface area contributed by atoms with Crippen LogP contribution in [0.5, 0.6) is 5.88 Å². The Morgan fingerprint density at radius 2 is 2.06 bits per heavy atom. The highest BCUT2D eigenvalue weighted by Crippen LogP contribution is 2.29. The van der Waals surface area contributed by atoms with Gasteiger partial charge in [-0.05, 0) is 47.5 Å². The highest BCUT2D eigenvalue weighted by molar-refractivity contribution is 7.91. The van der Waals surface area contributed by atoms with E-state index in [-0.39, 0.29) is 10.7 Å². The predicted molar refractivity (Wildman–Crippen MR) is 118 cm³/mol. The van der Waals surface area contributed by atoms with Crippen LogP contribution in [-0.4, -0.2) is 22.1 Å². The van der Waals surface area contributed by atoms with Gasteiger partial charge in [-0.2, -0.15) is 0 Å². The van der Waals surface area contributed by atoms with Gasteiger partial charge in [-0.3, -0.25) is 4.79 Å². The van der Waals surface area contributed by atoms with E-state index >= 15 is 0 Å². The molecule has 0 aliphatic carbocycles. The molecule has 0 radical (unpaired) electrons. The maximum atomic E-state index is 13.5. The highest BCUT2D eigenvalue weighted by atomic mass is 32.2. The Kier molecular flexibility index (Phi) is 5.92. The molecule has 3 aromatic rings. The van der Waals surface area contributed by atoms with Crippen LogP contribution >= 0.6 is 0 Å². The van der Waals surface area contributed by atoms with Crippen molar-refractivity contribution < 1.29 is 18.1 Å². The molecule has 1 unspecified atom stereocenters. The van der Waals surface area contributed by atoms with Gasteiger partial charge in [0.05, 0.1) is 12.8 Å². The van der Waals surface area contributed by atoms with Crippen molar-refractivity contribution in [3.05, 3.63) is 93.8 Å². The minimum atomic E-state index is -1.73. The largest absolute Gasteiger partial charge is 0.481 e. The lowest BCUT2D eigenvalue weighted by Gasteiger charge is -2.19. The van der Waals surface area contributed by atoms with Crippen LogP contribution in [0.4, 0.5) is 10.1 Å². The molecule has 154 valence electrons. The fourth-order valence-corrected chi connectivity index (χ4v) is 4.03. The first-order valence-corrected chi connectivity index (χ1v) is 10.5. The van der Waals surface area contributed by atoms with Crippen molar-refractivity contribution in [1.82, 2.24) is 4.98 Å². The molecular weight excluding hydrogens is 415 g/mol. The van der Waals surface area contributed by atoms with Gasteiger partial charge in [0.2, 0.25) is 11.7 Å². The molecule has 2 aromatic carbocycles. The molecule has 0 fully saturated rings. The number of Topliss-reactive ketones (excluding diaryl/α,β-unsaturated/α-hetero) is 1. The summed E-state index contributed by atoms with van der Waals surface area (Å²) in [6.07, 6.45) is 3.63. The third kappa shape index (κ3) is 4.71. The molecule has 0 spiro atoms. The third-order valence-corrected chi connectivity index (χ3v) is 5.68. The number of anilines is 1. The normalized spacial score (nSPS) is 16.1. The van der Waals surface area contributed by atoms with E-state index in [1.807, 2.05) is 6.07 Å². The van der Waals surface area contributed by atoms with Crippen molar-refractivity contribution in [3.8, 4) is 17.7 Å². The number of nitrogens with zero attached hydrogens (tertiary/aromatic N) is 1. The summed E-state index contributed by atoms with van der Waals surface area (Å²) in [6, 6.07) is 14.5. The van der Waals surface area contributed by atoms with E-state index in [0.29, 0.717) is 34.7 Å². The van der Waals surface area contributed by atoms with Gasteiger partial charge in [0, 0.05) is 29.8 Å². The number of nitrogens with one attached hydrogen (secondary N) is 1. The molecular formula is C24H17FN2O3S. The number of hydrogen-bond donors (Lipinski definition) is 1. The Morgan fingerprint density at radius 3 is 2.81 bits per heavy atom. The summed E-state index contributed by atoms with van der Waals surface area (Å²) in [6.45, 7) is 0. The Hall–Kier alpha value is -3.76. The number of hydrogen-bond acceptors (Lipinski definition) is 4. The number of carbonyl (C=O) groups excluding carboxylic acids is 1. The maximum Gasteiger partial charge on any atom is 0.212 e. The first kappa shape index (κ1) is 20.5. The molecule has 31 heavy (non-hydrogen) atoms. The van der Waals surface area contributed by atoms with Crippen molar-refractivity contribution >= 4 is 28.5 Å². The summed E-state index contributed by atoms with van der Waals surface area (Å²) in [5, 5.41) is 0. The first-order chi connectivity index (χ1) is 15.0. The lowest BCUT2D eigenvalue weighted by molar-refractivity contribution is 0.104. The predicted octanol–water partition coefficient (Wildman–Crippen LogP) is 4.14. The van der Waals surface area contributed by atoms with E-state index in [0.717, 1.165) is 5.56 Å². The van der Waals surface area contributed by atoms with E-state index in [4.69, 9.17) is 4.74 Å². The molecule has 1 aliphatic heterocycles. The molecule has 0 bridgehead atoms. The third-order valence-electron chi connectivity index (χ3n) is 4.57. The summed E-state index contributed by atoms with van der Waals surface area (Å²) in [4.78, 5) is 17.2. The van der Waals surface area contributed by atoms with E-state index < -0.39 is 16.8 Å². The summed E-state index contributed by atoms with van der Waals surface area (Å²) < 4.78 is 33.8. The standard InChI is InChI=1S/C24H17FN2O3S/c1-30-23-11-9-17(15-26-23)5-2-4-16-8-10-21-20(13-16)24(28)22(31(29)27-21)14-18-6-3-7-19(25)12-18/h3,6-15,27H,5H2,1H3/b22-14-.